The molecule has 0 spiro atoms. The standard InChI is InChI=1S/C20H29FO/c1-12-4-5-15-14-11-18(21)17-10-13(22)6-8-20(17,3)16(14)7-9-19(12,15)2/h10,13-16,18,22H,1,4-9,11H2,2-3H3/t13?,14?,15?,16?,18-,19+,20+/m0/s1. The Morgan fingerprint density at radius 2 is 1.82 bits per heavy atom. The minimum absolute atomic E-state index is 0.0210. The predicted octanol–water partition coefficient (Wildman–Crippen LogP) is 4.81. The molecule has 4 aliphatic rings. The van der Waals surface area contributed by atoms with Crippen LogP contribution in [0.15, 0.2) is 23.8 Å². The normalized spacial score (nSPS) is 54.3. The van der Waals surface area contributed by atoms with Gasteiger partial charge < -0.3 is 5.11 Å². The van der Waals surface area contributed by atoms with Crippen molar-refractivity contribution in [2.45, 2.75) is 71.1 Å². The van der Waals surface area contributed by atoms with E-state index in [9.17, 15) is 9.50 Å². The van der Waals surface area contributed by atoms with Crippen LogP contribution in [0.3, 0.4) is 0 Å². The minimum Gasteiger partial charge on any atom is -0.389 e. The summed E-state index contributed by atoms with van der Waals surface area (Å²) in [6, 6.07) is 0. The molecule has 122 valence electrons. The number of aliphatic hydroxyl groups is 1. The van der Waals surface area contributed by atoms with Crippen LogP contribution < -0.4 is 0 Å². The number of alkyl halides is 1. The second kappa shape index (κ2) is 4.69. The van der Waals surface area contributed by atoms with E-state index < -0.39 is 12.3 Å². The highest BCUT2D eigenvalue weighted by Crippen LogP contribution is 2.66. The molecule has 0 aromatic rings. The van der Waals surface area contributed by atoms with Crippen molar-refractivity contribution < 1.29 is 9.50 Å². The van der Waals surface area contributed by atoms with E-state index in [1.54, 1.807) is 0 Å². The highest BCUT2D eigenvalue weighted by molar-refractivity contribution is 5.30. The van der Waals surface area contributed by atoms with Gasteiger partial charge in [0.2, 0.25) is 0 Å². The maximum Gasteiger partial charge on any atom is 0.122 e. The number of rotatable bonds is 0. The summed E-state index contributed by atoms with van der Waals surface area (Å²) in [4.78, 5) is 0. The zero-order chi connectivity index (χ0) is 15.7. The lowest BCUT2D eigenvalue weighted by Gasteiger charge is -2.58. The van der Waals surface area contributed by atoms with E-state index in [-0.39, 0.29) is 10.8 Å². The summed E-state index contributed by atoms with van der Waals surface area (Å²) < 4.78 is 15.0. The molecule has 0 aliphatic heterocycles. The van der Waals surface area contributed by atoms with Crippen LogP contribution in [0.1, 0.15) is 58.8 Å². The third-order valence-electron chi connectivity index (χ3n) is 8.02. The molecule has 3 saturated carbocycles. The minimum atomic E-state index is -0.850. The van der Waals surface area contributed by atoms with Gasteiger partial charge >= 0.3 is 0 Å². The van der Waals surface area contributed by atoms with Gasteiger partial charge in [0.25, 0.3) is 0 Å². The Hall–Kier alpha value is -0.630. The van der Waals surface area contributed by atoms with E-state index in [1.165, 1.54) is 24.8 Å². The fourth-order valence-corrected chi connectivity index (χ4v) is 6.61. The second-order valence-corrected chi connectivity index (χ2v) is 8.82. The molecule has 0 aromatic heterocycles. The van der Waals surface area contributed by atoms with E-state index >= 15 is 0 Å². The average molecular weight is 304 g/mol. The summed E-state index contributed by atoms with van der Waals surface area (Å²) in [5.74, 6) is 1.73. The van der Waals surface area contributed by atoms with E-state index in [4.69, 9.17) is 0 Å². The molecule has 2 heteroatoms. The van der Waals surface area contributed by atoms with Gasteiger partial charge in [-0.1, -0.05) is 32.1 Å². The van der Waals surface area contributed by atoms with Crippen LogP contribution in [0, 0.1) is 28.6 Å². The molecule has 1 N–H and O–H groups in total. The van der Waals surface area contributed by atoms with Crippen molar-refractivity contribution >= 4 is 0 Å². The summed E-state index contributed by atoms with van der Waals surface area (Å²) in [6.07, 6.45) is 7.76. The molecule has 0 radical (unpaired) electrons. The van der Waals surface area contributed by atoms with E-state index in [0.717, 1.165) is 24.8 Å². The number of hydrogen-bond acceptors (Lipinski definition) is 1. The van der Waals surface area contributed by atoms with Gasteiger partial charge in [-0.05, 0) is 79.1 Å². The van der Waals surface area contributed by atoms with Gasteiger partial charge in [-0.15, -0.1) is 0 Å². The molecule has 3 fully saturated rings. The Labute approximate surface area is 133 Å². The zero-order valence-electron chi connectivity index (χ0n) is 13.9. The monoisotopic (exact) mass is 304 g/mol. The summed E-state index contributed by atoms with van der Waals surface area (Å²) in [7, 11) is 0. The second-order valence-electron chi connectivity index (χ2n) is 8.82. The van der Waals surface area contributed by atoms with Crippen LogP contribution in [-0.4, -0.2) is 17.4 Å². The first-order valence-electron chi connectivity index (χ1n) is 9.09. The number of aliphatic hydroxyl groups excluding tert-OH is 1. The van der Waals surface area contributed by atoms with Gasteiger partial charge in [-0.2, -0.15) is 0 Å². The Morgan fingerprint density at radius 1 is 1.14 bits per heavy atom. The Bertz CT molecular complexity index is 538. The lowest BCUT2D eigenvalue weighted by atomic mass is 9.47. The Balaban J connectivity index is 1.73. The third kappa shape index (κ3) is 1.79. The van der Waals surface area contributed by atoms with Crippen molar-refractivity contribution in [3.8, 4) is 0 Å². The van der Waals surface area contributed by atoms with Crippen molar-refractivity contribution in [3.63, 3.8) is 0 Å². The van der Waals surface area contributed by atoms with Crippen molar-refractivity contribution in [1.29, 1.82) is 0 Å². The first kappa shape index (κ1) is 14.9. The van der Waals surface area contributed by atoms with Crippen LogP contribution in [0.25, 0.3) is 0 Å². The Morgan fingerprint density at radius 3 is 2.59 bits per heavy atom. The van der Waals surface area contributed by atoms with Crippen molar-refractivity contribution in [2.75, 3.05) is 0 Å². The zero-order valence-corrected chi connectivity index (χ0v) is 13.9. The number of halogens is 1. The largest absolute Gasteiger partial charge is 0.389 e. The highest BCUT2D eigenvalue weighted by Gasteiger charge is 2.59. The van der Waals surface area contributed by atoms with Gasteiger partial charge in [-0.25, -0.2) is 4.39 Å². The first-order valence-corrected chi connectivity index (χ1v) is 9.09. The Kier molecular flexibility index (Phi) is 3.18. The number of allylic oxidation sites excluding steroid dienone is 2. The number of hydrogen-bond donors (Lipinski definition) is 1. The van der Waals surface area contributed by atoms with Crippen LogP contribution in [0.2, 0.25) is 0 Å². The predicted molar refractivity (Wildman–Crippen MR) is 87.1 cm³/mol. The topological polar surface area (TPSA) is 20.2 Å². The smallest absolute Gasteiger partial charge is 0.122 e. The maximum absolute atomic E-state index is 15.0. The van der Waals surface area contributed by atoms with Gasteiger partial charge in [-0.3, -0.25) is 0 Å². The van der Waals surface area contributed by atoms with Crippen LogP contribution in [0.4, 0.5) is 4.39 Å². The summed E-state index contributed by atoms with van der Waals surface area (Å²) in [6.45, 7) is 9.00. The average Bonchev–Trinajstić information content (AvgIpc) is 2.77. The molecule has 4 rings (SSSR count). The van der Waals surface area contributed by atoms with E-state index in [2.05, 4.69) is 20.4 Å². The molecule has 0 bridgehead atoms. The van der Waals surface area contributed by atoms with Gasteiger partial charge in [0, 0.05) is 0 Å². The van der Waals surface area contributed by atoms with Gasteiger partial charge in [0.05, 0.1) is 6.10 Å². The van der Waals surface area contributed by atoms with Crippen LogP contribution >= 0.6 is 0 Å². The van der Waals surface area contributed by atoms with Gasteiger partial charge in [0.15, 0.2) is 0 Å². The summed E-state index contributed by atoms with van der Waals surface area (Å²) in [5, 5.41) is 9.95. The SMILES string of the molecule is C=C1CCC2C3C[C@H](F)C4=CC(O)CC[C@]4(C)C3CC[C@]12C. The molecule has 0 amide bonds. The molecule has 4 aliphatic carbocycles. The quantitative estimate of drug-likeness (QED) is 0.636. The van der Waals surface area contributed by atoms with Crippen molar-refractivity contribution in [3.05, 3.63) is 23.8 Å². The van der Waals surface area contributed by atoms with E-state index in [1.807, 2.05) is 6.08 Å². The fourth-order valence-electron chi connectivity index (χ4n) is 6.61. The van der Waals surface area contributed by atoms with E-state index in [0.29, 0.717) is 24.2 Å². The van der Waals surface area contributed by atoms with Crippen molar-refractivity contribution in [1.82, 2.24) is 0 Å². The number of fused-ring (bicyclic) bond motifs is 5. The summed E-state index contributed by atoms with van der Waals surface area (Å²) >= 11 is 0. The third-order valence-corrected chi connectivity index (χ3v) is 8.02. The molecule has 0 aromatic carbocycles. The molecular formula is C20H29FO. The lowest BCUT2D eigenvalue weighted by Crippen LogP contribution is -2.52. The molecule has 7 atom stereocenters. The maximum atomic E-state index is 15.0. The highest BCUT2D eigenvalue weighted by atomic mass is 19.1. The molecule has 0 heterocycles. The van der Waals surface area contributed by atoms with Crippen molar-refractivity contribution in [2.24, 2.45) is 28.6 Å². The molecular weight excluding hydrogens is 275 g/mol. The fraction of sp³-hybridized carbons (Fsp3) is 0.800. The first-order chi connectivity index (χ1) is 10.4. The molecule has 22 heavy (non-hydrogen) atoms. The van der Waals surface area contributed by atoms with Gasteiger partial charge in [0.1, 0.15) is 6.17 Å². The van der Waals surface area contributed by atoms with Crippen LogP contribution in [-0.2, 0) is 0 Å². The lowest BCUT2D eigenvalue weighted by molar-refractivity contribution is -0.0506. The molecule has 4 unspecified atom stereocenters. The molecule has 1 nitrogen and oxygen atoms in total. The summed E-state index contributed by atoms with van der Waals surface area (Å²) in [5.41, 5.74) is 2.57. The molecule has 0 saturated heterocycles. The van der Waals surface area contributed by atoms with Crippen LogP contribution in [0.5, 0.6) is 0 Å².